The van der Waals surface area contributed by atoms with Crippen molar-refractivity contribution in [1.82, 2.24) is 14.5 Å². The molecule has 0 aliphatic rings. The SMILES string of the molecule is CCCCn1c(O)c(C(=O)NCC(=O)O)c(=O)n(CCCC)c1=O. The number of hydrogen-bond donors (Lipinski definition) is 3. The van der Waals surface area contributed by atoms with E-state index in [0.29, 0.717) is 12.8 Å². The van der Waals surface area contributed by atoms with Crippen LogP contribution in [0.2, 0.25) is 0 Å². The first-order chi connectivity index (χ1) is 11.3. The first kappa shape index (κ1) is 19.5. The van der Waals surface area contributed by atoms with E-state index in [-0.39, 0.29) is 13.1 Å². The number of rotatable bonds is 9. The number of carboxylic acid groups (broad SMARTS) is 1. The predicted octanol–water partition coefficient (Wildman–Crippen LogP) is 0.130. The Morgan fingerprint density at radius 1 is 1.04 bits per heavy atom. The zero-order valence-electron chi connectivity index (χ0n) is 13.9. The van der Waals surface area contributed by atoms with Crippen molar-refractivity contribution >= 4 is 11.9 Å². The Balaban J connectivity index is 3.44. The molecule has 0 bridgehead atoms. The molecule has 0 aliphatic carbocycles. The maximum Gasteiger partial charge on any atom is 0.333 e. The van der Waals surface area contributed by atoms with Crippen LogP contribution in [0.25, 0.3) is 0 Å². The zero-order valence-corrected chi connectivity index (χ0v) is 13.9. The molecule has 134 valence electrons. The van der Waals surface area contributed by atoms with Gasteiger partial charge in [-0.25, -0.2) is 4.79 Å². The summed E-state index contributed by atoms with van der Waals surface area (Å²) in [6, 6.07) is 0. The second kappa shape index (κ2) is 8.90. The van der Waals surface area contributed by atoms with Crippen molar-refractivity contribution in [3.8, 4) is 5.88 Å². The summed E-state index contributed by atoms with van der Waals surface area (Å²) < 4.78 is 1.89. The molecule has 3 N–H and O–H groups in total. The first-order valence-electron chi connectivity index (χ1n) is 7.91. The van der Waals surface area contributed by atoms with Gasteiger partial charge in [-0.1, -0.05) is 26.7 Å². The molecule has 0 spiro atoms. The van der Waals surface area contributed by atoms with Gasteiger partial charge in [-0.3, -0.25) is 23.5 Å². The number of carbonyl (C=O) groups excluding carboxylic acids is 1. The molecule has 0 radical (unpaired) electrons. The third-order valence-corrected chi connectivity index (χ3v) is 3.50. The highest BCUT2D eigenvalue weighted by molar-refractivity contribution is 5.97. The molecule has 0 fully saturated rings. The minimum Gasteiger partial charge on any atom is -0.494 e. The Labute approximate surface area is 138 Å². The summed E-state index contributed by atoms with van der Waals surface area (Å²) in [7, 11) is 0. The third kappa shape index (κ3) is 4.46. The van der Waals surface area contributed by atoms with E-state index in [2.05, 4.69) is 0 Å². The highest BCUT2D eigenvalue weighted by Crippen LogP contribution is 2.12. The number of amides is 1. The number of aliphatic carboxylic acids is 1. The molecule has 1 rings (SSSR count). The fourth-order valence-corrected chi connectivity index (χ4v) is 2.16. The van der Waals surface area contributed by atoms with Gasteiger partial charge < -0.3 is 15.5 Å². The average Bonchev–Trinajstić information content (AvgIpc) is 2.52. The predicted molar refractivity (Wildman–Crippen MR) is 86.4 cm³/mol. The van der Waals surface area contributed by atoms with E-state index in [0.717, 1.165) is 22.0 Å². The summed E-state index contributed by atoms with van der Waals surface area (Å²) >= 11 is 0. The lowest BCUT2D eigenvalue weighted by atomic mass is 10.2. The van der Waals surface area contributed by atoms with Gasteiger partial charge in [-0.15, -0.1) is 0 Å². The number of nitrogens with one attached hydrogen (secondary N) is 1. The van der Waals surface area contributed by atoms with Crippen LogP contribution in [0.15, 0.2) is 9.59 Å². The maximum atomic E-state index is 12.4. The van der Waals surface area contributed by atoms with Gasteiger partial charge in [0.15, 0.2) is 5.56 Å². The van der Waals surface area contributed by atoms with Gasteiger partial charge in [0, 0.05) is 13.1 Å². The van der Waals surface area contributed by atoms with Crippen molar-refractivity contribution in [2.45, 2.75) is 52.6 Å². The molecule has 0 aliphatic heterocycles. The average molecular weight is 341 g/mol. The van der Waals surface area contributed by atoms with Gasteiger partial charge in [-0.2, -0.15) is 0 Å². The van der Waals surface area contributed by atoms with E-state index in [4.69, 9.17) is 5.11 Å². The molecular weight excluding hydrogens is 318 g/mol. The second-order valence-corrected chi connectivity index (χ2v) is 5.37. The van der Waals surface area contributed by atoms with Gasteiger partial charge in [0.05, 0.1) is 0 Å². The molecule has 24 heavy (non-hydrogen) atoms. The number of hydrogen-bond acceptors (Lipinski definition) is 5. The van der Waals surface area contributed by atoms with Gasteiger partial charge >= 0.3 is 11.7 Å². The highest BCUT2D eigenvalue weighted by Gasteiger charge is 2.24. The van der Waals surface area contributed by atoms with Gasteiger partial charge in [0.1, 0.15) is 6.54 Å². The van der Waals surface area contributed by atoms with Crippen molar-refractivity contribution in [3.63, 3.8) is 0 Å². The monoisotopic (exact) mass is 341 g/mol. The van der Waals surface area contributed by atoms with Crippen LogP contribution in [-0.4, -0.2) is 37.8 Å². The molecule has 0 unspecified atom stereocenters. The fourth-order valence-electron chi connectivity index (χ4n) is 2.16. The van der Waals surface area contributed by atoms with Crippen LogP contribution in [0.4, 0.5) is 0 Å². The summed E-state index contributed by atoms with van der Waals surface area (Å²) in [4.78, 5) is 47.5. The topological polar surface area (TPSA) is 131 Å². The molecule has 0 saturated carbocycles. The Bertz CT molecular complexity index is 719. The Morgan fingerprint density at radius 3 is 2.08 bits per heavy atom. The van der Waals surface area contributed by atoms with Gasteiger partial charge in [0.2, 0.25) is 5.88 Å². The van der Waals surface area contributed by atoms with Crippen molar-refractivity contribution in [2.75, 3.05) is 6.54 Å². The molecule has 0 saturated heterocycles. The van der Waals surface area contributed by atoms with Gasteiger partial charge in [-0.05, 0) is 12.8 Å². The van der Waals surface area contributed by atoms with E-state index in [1.807, 2.05) is 19.2 Å². The standard InChI is InChI=1S/C15H23N3O6/c1-3-5-7-17-13(22)11(12(21)16-9-10(19)20)14(23)18(15(17)24)8-6-4-2/h22H,3-9H2,1-2H3,(H,16,21)(H,19,20). The van der Waals surface area contributed by atoms with E-state index in [9.17, 15) is 24.3 Å². The minimum absolute atomic E-state index is 0.125. The van der Waals surface area contributed by atoms with E-state index < -0.39 is 41.1 Å². The van der Waals surface area contributed by atoms with E-state index >= 15 is 0 Å². The maximum absolute atomic E-state index is 12.4. The van der Waals surface area contributed by atoms with E-state index in [1.54, 1.807) is 0 Å². The molecule has 1 heterocycles. The molecule has 1 aromatic rings. The lowest BCUT2D eigenvalue weighted by Crippen LogP contribution is -2.45. The molecule has 1 aromatic heterocycles. The van der Waals surface area contributed by atoms with Crippen molar-refractivity contribution in [2.24, 2.45) is 0 Å². The Hall–Kier alpha value is -2.58. The summed E-state index contributed by atoms with van der Waals surface area (Å²) in [5, 5.41) is 20.9. The summed E-state index contributed by atoms with van der Waals surface area (Å²) in [5.41, 5.74) is -2.20. The lowest BCUT2D eigenvalue weighted by Gasteiger charge is -2.15. The lowest BCUT2D eigenvalue weighted by molar-refractivity contribution is -0.135. The number of carbonyl (C=O) groups is 2. The van der Waals surface area contributed by atoms with Crippen LogP contribution >= 0.6 is 0 Å². The van der Waals surface area contributed by atoms with Crippen LogP contribution in [0.5, 0.6) is 5.88 Å². The van der Waals surface area contributed by atoms with Crippen molar-refractivity contribution < 1.29 is 19.8 Å². The van der Waals surface area contributed by atoms with Crippen LogP contribution in [0.3, 0.4) is 0 Å². The van der Waals surface area contributed by atoms with E-state index in [1.165, 1.54) is 0 Å². The Morgan fingerprint density at radius 2 is 1.58 bits per heavy atom. The molecular formula is C15H23N3O6. The minimum atomic E-state index is -1.28. The number of nitrogens with zero attached hydrogens (tertiary/aromatic N) is 2. The fraction of sp³-hybridized carbons (Fsp3) is 0.600. The van der Waals surface area contributed by atoms with Gasteiger partial charge in [0.25, 0.3) is 11.5 Å². The van der Waals surface area contributed by atoms with Crippen molar-refractivity contribution in [1.29, 1.82) is 0 Å². The molecule has 0 atom stereocenters. The van der Waals surface area contributed by atoms with Crippen LogP contribution in [-0.2, 0) is 17.9 Å². The zero-order chi connectivity index (χ0) is 18.3. The second-order valence-electron chi connectivity index (χ2n) is 5.37. The van der Waals surface area contributed by atoms with Crippen LogP contribution in [0.1, 0.15) is 49.9 Å². The molecule has 9 heteroatoms. The summed E-state index contributed by atoms with van der Waals surface area (Å²) in [6.07, 6.45) is 2.63. The number of carboxylic acids is 1. The quantitative estimate of drug-likeness (QED) is 0.585. The smallest absolute Gasteiger partial charge is 0.333 e. The van der Waals surface area contributed by atoms with Crippen LogP contribution < -0.4 is 16.6 Å². The number of aromatic nitrogens is 2. The Kier molecular flexibility index (Phi) is 7.22. The largest absolute Gasteiger partial charge is 0.494 e. The number of unbranched alkanes of at least 4 members (excludes halogenated alkanes) is 2. The normalized spacial score (nSPS) is 10.6. The summed E-state index contributed by atoms with van der Waals surface area (Å²) in [6.45, 7) is 3.38. The highest BCUT2D eigenvalue weighted by atomic mass is 16.4. The first-order valence-corrected chi connectivity index (χ1v) is 7.91. The van der Waals surface area contributed by atoms with Crippen molar-refractivity contribution in [3.05, 3.63) is 26.4 Å². The van der Waals surface area contributed by atoms with Crippen LogP contribution in [0, 0.1) is 0 Å². The molecule has 0 aromatic carbocycles. The molecule has 9 nitrogen and oxygen atoms in total. The third-order valence-electron chi connectivity index (χ3n) is 3.50. The number of aromatic hydroxyl groups is 1. The summed E-state index contributed by atoms with van der Waals surface area (Å²) in [5.74, 6) is -3.03. The molecule has 1 amide bonds.